The van der Waals surface area contributed by atoms with Crippen molar-refractivity contribution in [3.05, 3.63) is 71.8 Å². The number of anilines is 2. The summed E-state index contributed by atoms with van der Waals surface area (Å²) >= 11 is 0. The molecule has 2 rings (SSSR count). The highest BCUT2D eigenvalue weighted by Crippen LogP contribution is 2.21. The van der Waals surface area contributed by atoms with E-state index in [1.807, 2.05) is 18.2 Å². The topological polar surface area (TPSA) is 98.7 Å². The van der Waals surface area contributed by atoms with E-state index >= 15 is 0 Å². The minimum Gasteiger partial charge on any atom is -0.372 e. The van der Waals surface area contributed by atoms with Gasteiger partial charge in [0, 0.05) is 30.5 Å². The fourth-order valence-electron chi connectivity index (χ4n) is 2.84. The van der Waals surface area contributed by atoms with Gasteiger partial charge in [-0.25, -0.2) is 13.9 Å². The number of benzene rings is 2. The number of carbonyl (C=O) groups is 1. The Morgan fingerprint density at radius 3 is 2.13 bits per heavy atom. The van der Waals surface area contributed by atoms with Gasteiger partial charge >= 0.3 is 0 Å². The maximum atomic E-state index is 12.7. The monoisotopic (exact) mass is 429 g/mol. The summed E-state index contributed by atoms with van der Waals surface area (Å²) < 4.78 is 27.9. The molecular formula is C22H27N3O4S. The molecule has 0 spiro atoms. The molecule has 0 unspecified atom stereocenters. The molecule has 0 aliphatic carbocycles. The first-order chi connectivity index (χ1) is 14.3. The Labute approximate surface area is 177 Å². The fourth-order valence-corrected chi connectivity index (χ4v) is 3.90. The zero-order valence-electron chi connectivity index (χ0n) is 17.3. The Bertz CT molecular complexity index is 1010. The normalized spacial score (nSPS) is 12.1. The number of hydroxylamine groups is 1. The van der Waals surface area contributed by atoms with Crippen LogP contribution >= 0.6 is 0 Å². The first kappa shape index (κ1) is 23.2. The molecule has 7 nitrogen and oxygen atoms in total. The standard InChI is InChI=1S/C22H27N3O4S/c1-4-25(5-2)20-11-13-21(14-12-20)30(28,29)24-19-9-7-18(8-10-19)16-17(3)6-15-22(26)23-27/h6-16,24,27H,4-5H2,1-3H3,(H,23,26)/b15-6+,17-16+. The van der Waals surface area contributed by atoms with Crippen LogP contribution in [-0.4, -0.2) is 32.6 Å². The first-order valence-corrected chi connectivity index (χ1v) is 11.1. The van der Waals surface area contributed by atoms with Gasteiger partial charge in [-0.05, 0) is 62.7 Å². The second kappa shape index (κ2) is 10.6. The highest BCUT2D eigenvalue weighted by atomic mass is 32.2. The smallest absolute Gasteiger partial charge is 0.267 e. The Morgan fingerprint density at radius 2 is 1.60 bits per heavy atom. The van der Waals surface area contributed by atoms with Crippen molar-refractivity contribution in [3.63, 3.8) is 0 Å². The van der Waals surface area contributed by atoms with Crippen molar-refractivity contribution in [2.75, 3.05) is 22.7 Å². The van der Waals surface area contributed by atoms with Crippen LogP contribution in [0.15, 0.2) is 71.2 Å². The van der Waals surface area contributed by atoms with Crippen LogP contribution < -0.4 is 15.1 Å². The molecule has 1 amide bonds. The predicted molar refractivity (Wildman–Crippen MR) is 120 cm³/mol. The molecule has 0 aromatic heterocycles. The Balaban J connectivity index is 2.10. The number of carbonyl (C=O) groups excluding carboxylic acids is 1. The molecule has 0 atom stereocenters. The number of nitrogens with one attached hydrogen (secondary N) is 2. The molecule has 0 heterocycles. The zero-order chi connectivity index (χ0) is 22.1. The summed E-state index contributed by atoms with van der Waals surface area (Å²) in [5.74, 6) is -0.613. The number of allylic oxidation sites excluding steroid dienone is 2. The third kappa shape index (κ3) is 6.47. The van der Waals surface area contributed by atoms with E-state index in [0.29, 0.717) is 5.69 Å². The minimum absolute atomic E-state index is 0.200. The summed E-state index contributed by atoms with van der Waals surface area (Å²) in [6.45, 7) is 7.62. The van der Waals surface area contributed by atoms with Gasteiger partial charge in [0.2, 0.25) is 0 Å². The van der Waals surface area contributed by atoms with Gasteiger partial charge in [0.1, 0.15) is 0 Å². The number of rotatable bonds is 9. The van der Waals surface area contributed by atoms with Crippen LogP contribution in [0.4, 0.5) is 11.4 Å². The van der Waals surface area contributed by atoms with Gasteiger partial charge in [-0.2, -0.15) is 0 Å². The summed E-state index contributed by atoms with van der Waals surface area (Å²) in [5.41, 5.74) is 4.59. The van der Waals surface area contributed by atoms with Crippen molar-refractivity contribution in [3.8, 4) is 0 Å². The highest BCUT2D eigenvalue weighted by Gasteiger charge is 2.14. The summed E-state index contributed by atoms with van der Waals surface area (Å²) in [7, 11) is -3.69. The molecule has 8 heteroatoms. The highest BCUT2D eigenvalue weighted by molar-refractivity contribution is 7.92. The Kier molecular flexibility index (Phi) is 8.20. The van der Waals surface area contributed by atoms with Gasteiger partial charge < -0.3 is 4.90 Å². The van der Waals surface area contributed by atoms with E-state index in [1.54, 1.807) is 49.4 Å². The number of hydrogen-bond acceptors (Lipinski definition) is 5. The minimum atomic E-state index is -3.69. The van der Waals surface area contributed by atoms with Crippen LogP contribution in [0.5, 0.6) is 0 Å². The second-order valence-electron chi connectivity index (χ2n) is 6.59. The first-order valence-electron chi connectivity index (χ1n) is 9.57. The predicted octanol–water partition coefficient (Wildman–Crippen LogP) is 3.80. The van der Waals surface area contributed by atoms with Crippen LogP contribution in [0.3, 0.4) is 0 Å². The van der Waals surface area contributed by atoms with Crippen LogP contribution in [0.25, 0.3) is 6.08 Å². The molecule has 2 aromatic carbocycles. The number of nitrogens with zero attached hydrogens (tertiary/aromatic N) is 1. The van der Waals surface area contributed by atoms with E-state index in [4.69, 9.17) is 5.21 Å². The lowest BCUT2D eigenvalue weighted by Crippen LogP contribution is -2.21. The number of sulfonamides is 1. The van der Waals surface area contributed by atoms with Crippen LogP contribution in [-0.2, 0) is 14.8 Å². The van der Waals surface area contributed by atoms with E-state index in [9.17, 15) is 13.2 Å². The maximum absolute atomic E-state index is 12.7. The molecule has 0 saturated carbocycles. The second-order valence-corrected chi connectivity index (χ2v) is 8.27. The summed E-state index contributed by atoms with van der Waals surface area (Å²) in [4.78, 5) is 13.3. The lowest BCUT2D eigenvalue weighted by Gasteiger charge is -2.21. The summed E-state index contributed by atoms with van der Waals surface area (Å²) in [5, 5.41) is 8.48. The molecule has 160 valence electrons. The number of amides is 1. The van der Waals surface area contributed by atoms with Crippen molar-refractivity contribution in [1.29, 1.82) is 0 Å². The molecule has 2 aromatic rings. The SMILES string of the molecule is CCN(CC)c1ccc(S(=O)(=O)Nc2ccc(/C=C(C)/C=C/C(=O)NO)cc2)cc1. The van der Waals surface area contributed by atoms with Crippen LogP contribution in [0.2, 0.25) is 0 Å². The average Bonchev–Trinajstić information content (AvgIpc) is 2.74. The zero-order valence-corrected chi connectivity index (χ0v) is 18.1. The molecule has 0 fully saturated rings. The molecule has 0 radical (unpaired) electrons. The Morgan fingerprint density at radius 1 is 1.00 bits per heavy atom. The summed E-state index contributed by atoms with van der Waals surface area (Å²) in [6, 6.07) is 13.7. The molecule has 3 N–H and O–H groups in total. The number of hydrogen-bond donors (Lipinski definition) is 3. The Hall–Kier alpha value is -3.10. The maximum Gasteiger partial charge on any atom is 0.267 e. The van der Waals surface area contributed by atoms with Crippen molar-refractivity contribution >= 4 is 33.4 Å². The lowest BCUT2D eigenvalue weighted by atomic mass is 10.1. The molecule has 0 saturated heterocycles. The van der Waals surface area contributed by atoms with Crippen molar-refractivity contribution in [1.82, 2.24) is 5.48 Å². The van der Waals surface area contributed by atoms with Crippen molar-refractivity contribution in [2.24, 2.45) is 0 Å². The lowest BCUT2D eigenvalue weighted by molar-refractivity contribution is -0.124. The quantitative estimate of drug-likeness (QED) is 0.244. The molecule has 0 bridgehead atoms. The molecular weight excluding hydrogens is 402 g/mol. The van der Waals surface area contributed by atoms with Gasteiger partial charge in [-0.15, -0.1) is 0 Å². The molecule has 0 aliphatic heterocycles. The molecule has 30 heavy (non-hydrogen) atoms. The van der Waals surface area contributed by atoms with Gasteiger partial charge in [0.25, 0.3) is 15.9 Å². The fraction of sp³-hybridized carbons (Fsp3) is 0.227. The van der Waals surface area contributed by atoms with Crippen LogP contribution in [0, 0.1) is 0 Å². The third-order valence-electron chi connectivity index (χ3n) is 4.44. The largest absolute Gasteiger partial charge is 0.372 e. The van der Waals surface area contributed by atoms with Gasteiger partial charge in [0.05, 0.1) is 4.90 Å². The third-order valence-corrected chi connectivity index (χ3v) is 5.84. The van der Waals surface area contributed by atoms with E-state index < -0.39 is 15.9 Å². The summed E-state index contributed by atoms with van der Waals surface area (Å²) in [6.07, 6.45) is 4.59. The van der Waals surface area contributed by atoms with Crippen LogP contribution in [0.1, 0.15) is 26.3 Å². The van der Waals surface area contributed by atoms with E-state index in [1.165, 1.54) is 11.6 Å². The van der Waals surface area contributed by atoms with E-state index in [0.717, 1.165) is 29.9 Å². The molecule has 0 aliphatic rings. The van der Waals surface area contributed by atoms with Gasteiger partial charge in [-0.1, -0.05) is 29.9 Å². The van der Waals surface area contributed by atoms with Crippen molar-refractivity contribution in [2.45, 2.75) is 25.7 Å². The van der Waals surface area contributed by atoms with E-state index in [2.05, 4.69) is 23.5 Å². The van der Waals surface area contributed by atoms with Gasteiger partial charge in [-0.3, -0.25) is 14.7 Å². The van der Waals surface area contributed by atoms with E-state index in [-0.39, 0.29) is 4.90 Å². The van der Waals surface area contributed by atoms with Gasteiger partial charge in [0.15, 0.2) is 0 Å². The average molecular weight is 430 g/mol. The van der Waals surface area contributed by atoms with Crippen molar-refractivity contribution < 1.29 is 18.4 Å².